The second-order valence-electron chi connectivity index (χ2n) is 4.18. The number of carbonyl (C=O) groups excluding carboxylic acids is 1. The molecule has 1 rings (SSSR count). The van der Waals surface area contributed by atoms with Gasteiger partial charge in [0.2, 0.25) is 0 Å². The number of ketones is 1. The van der Waals surface area contributed by atoms with Crippen molar-refractivity contribution < 1.29 is 36.7 Å². The molecular weight excluding hydrogens is 270 g/mol. The standard InChI is InChI=1S/C13H17NO4.ClH/c1-14(9-13(16)17)8-7-12(15)10-3-5-11(18-2)6-4-10;/h3-6H,7-9H2,1-2H3,(H,16,17);1H. The number of hydrogen-bond donors (Lipinski definition) is 2. The summed E-state index contributed by atoms with van der Waals surface area (Å²) in [6.45, 7) is 0.535. The molecule has 1 aromatic carbocycles. The van der Waals surface area contributed by atoms with E-state index < -0.39 is 5.97 Å². The number of carboxylic acid groups (broad SMARTS) is 1. The van der Waals surface area contributed by atoms with Crippen LogP contribution in [0.2, 0.25) is 0 Å². The topological polar surface area (TPSA) is 68.0 Å². The van der Waals surface area contributed by atoms with Crippen LogP contribution in [0.5, 0.6) is 5.75 Å². The number of nitrogens with one attached hydrogen (secondary N) is 1. The Morgan fingerprint density at radius 3 is 2.32 bits per heavy atom. The van der Waals surface area contributed by atoms with E-state index in [-0.39, 0.29) is 24.7 Å². The number of halogens is 1. The monoisotopic (exact) mass is 287 g/mol. The van der Waals surface area contributed by atoms with Crippen LogP contribution in [0.3, 0.4) is 0 Å². The first kappa shape index (κ1) is 17.4. The average Bonchev–Trinajstić information content (AvgIpc) is 2.35. The zero-order valence-electron chi connectivity index (χ0n) is 11.0. The van der Waals surface area contributed by atoms with Crippen molar-refractivity contribution in [2.75, 3.05) is 27.2 Å². The lowest BCUT2D eigenvalue weighted by Crippen LogP contribution is -3.10. The van der Waals surface area contributed by atoms with Crippen molar-refractivity contribution in [3.63, 3.8) is 0 Å². The molecule has 2 N–H and O–H groups in total. The molecule has 1 unspecified atom stereocenters. The van der Waals surface area contributed by atoms with Gasteiger partial charge in [-0.15, -0.1) is 0 Å². The largest absolute Gasteiger partial charge is 1.00 e. The lowest BCUT2D eigenvalue weighted by molar-refractivity contribution is -0.871. The van der Waals surface area contributed by atoms with Crippen LogP contribution in [-0.2, 0) is 4.79 Å². The Morgan fingerprint density at radius 2 is 1.84 bits per heavy atom. The summed E-state index contributed by atoms with van der Waals surface area (Å²) in [7, 11) is 3.33. The highest BCUT2D eigenvalue weighted by Crippen LogP contribution is 2.12. The molecule has 0 heterocycles. The summed E-state index contributed by atoms with van der Waals surface area (Å²) in [6, 6.07) is 6.91. The highest BCUT2D eigenvalue weighted by molar-refractivity contribution is 5.96. The molecule has 0 saturated heterocycles. The number of carbonyl (C=O) groups is 2. The summed E-state index contributed by atoms with van der Waals surface area (Å²) in [4.78, 5) is 23.1. The Morgan fingerprint density at radius 1 is 1.26 bits per heavy atom. The van der Waals surface area contributed by atoms with Crippen molar-refractivity contribution >= 4 is 11.8 Å². The number of likely N-dealkylation sites (N-methyl/N-ethyl adjacent to an activating group) is 1. The molecule has 1 atom stereocenters. The second-order valence-corrected chi connectivity index (χ2v) is 4.18. The van der Waals surface area contributed by atoms with E-state index in [0.29, 0.717) is 24.3 Å². The van der Waals surface area contributed by atoms with Gasteiger partial charge in [0.1, 0.15) is 5.75 Å². The number of carboxylic acids is 1. The maximum absolute atomic E-state index is 11.8. The summed E-state index contributed by atoms with van der Waals surface area (Å²) in [5, 5.41) is 8.60. The van der Waals surface area contributed by atoms with Gasteiger partial charge in [0.25, 0.3) is 0 Å². The third-order valence-corrected chi connectivity index (χ3v) is 2.64. The quantitative estimate of drug-likeness (QED) is 0.521. The number of Topliss-reactive ketones (excluding diaryl/α,β-unsaturated/α-hetero) is 1. The summed E-state index contributed by atoms with van der Waals surface area (Å²) < 4.78 is 5.01. The van der Waals surface area contributed by atoms with Gasteiger partial charge < -0.3 is 27.2 Å². The lowest BCUT2D eigenvalue weighted by Gasteiger charge is -2.10. The third-order valence-electron chi connectivity index (χ3n) is 2.64. The number of rotatable bonds is 7. The molecule has 0 aromatic heterocycles. The average molecular weight is 288 g/mol. The van der Waals surface area contributed by atoms with Gasteiger partial charge in [-0.2, -0.15) is 0 Å². The fourth-order valence-electron chi connectivity index (χ4n) is 1.59. The van der Waals surface area contributed by atoms with Gasteiger partial charge >= 0.3 is 5.97 Å². The SMILES string of the molecule is COc1ccc(C(=O)CC[NH+](C)CC(=O)O)cc1.[Cl-]. The van der Waals surface area contributed by atoms with Crippen LogP contribution in [0, 0.1) is 0 Å². The zero-order valence-corrected chi connectivity index (χ0v) is 11.7. The molecule has 6 heteroatoms. The Hall–Kier alpha value is -1.59. The van der Waals surface area contributed by atoms with E-state index in [1.165, 1.54) is 0 Å². The van der Waals surface area contributed by atoms with Gasteiger partial charge in [0.15, 0.2) is 12.3 Å². The van der Waals surface area contributed by atoms with E-state index in [2.05, 4.69) is 0 Å². The van der Waals surface area contributed by atoms with Crippen LogP contribution in [0.25, 0.3) is 0 Å². The molecule has 0 bridgehead atoms. The number of aliphatic carboxylic acids is 1. The lowest BCUT2D eigenvalue weighted by atomic mass is 10.1. The van der Waals surface area contributed by atoms with Crippen molar-refractivity contribution in [1.82, 2.24) is 0 Å². The van der Waals surface area contributed by atoms with Crippen LogP contribution >= 0.6 is 0 Å². The van der Waals surface area contributed by atoms with Gasteiger partial charge in [-0.25, -0.2) is 4.79 Å². The highest BCUT2D eigenvalue weighted by Gasteiger charge is 2.12. The van der Waals surface area contributed by atoms with Crippen LogP contribution < -0.4 is 22.0 Å². The maximum atomic E-state index is 11.8. The van der Waals surface area contributed by atoms with Crippen molar-refractivity contribution in [3.8, 4) is 5.75 Å². The molecule has 0 radical (unpaired) electrons. The third kappa shape index (κ3) is 6.22. The smallest absolute Gasteiger partial charge is 0.359 e. The van der Waals surface area contributed by atoms with E-state index in [9.17, 15) is 9.59 Å². The predicted octanol–water partition coefficient (Wildman–Crippen LogP) is -3.13. The highest BCUT2D eigenvalue weighted by atomic mass is 35.5. The van der Waals surface area contributed by atoms with Crippen molar-refractivity contribution in [1.29, 1.82) is 0 Å². The number of quaternary nitrogens is 1. The molecular formula is C13H18ClNO4. The van der Waals surface area contributed by atoms with Gasteiger partial charge in [-0.3, -0.25) is 4.79 Å². The Kier molecular flexibility index (Phi) is 7.79. The molecule has 19 heavy (non-hydrogen) atoms. The van der Waals surface area contributed by atoms with Gasteiger partial charge in [0.05, 0.1) is 27.1 Å². The molecule has 0 saturated carbocycles. The molecule has 1 aromatic rings. The van der Waals surface area contributed by atoms with E-state index >= 15 is 0 Å². The molecule has 0 spiro atoms. The molecule has 5 nitrogen and oxygen atoms in total. The van der Waals surface area contributed by atoms with Crippen LogP contribution in [0.15, 0.2) is 24.3 Å². The minimum Gasteiger partial charge on any atom is -1.00 e. The summed E-state index contributed by atoms with van der Waals surface area (Å²) in [5.41, 5.74) is 0.624. The minimum absolute atomic E-state index is 0. The van der Waals surface area contributed by atoms with Crippen LogP contribution in [-0.4, -0.2) is 44.1 Å². The minimum atomic E-state index is -0.857. The van der Waals surface area contributed by atoms with E-state index in [1.54, 1.807) is 38.4 Å². The summed E-state index contributed by atoms with van der Waals surface area (Å²) >= 11 is 0. The van der Waals surface area contributed by atoms with Crippen molar-refractivity contribution in [2.24, 2.45) is 0 Å². The van der Waals surface area contributed by atoms with E-state index in [1.807, 2.05) is 0 Å². The Bertz CT molecular complexity index is 419. The van der Waals surface area contributed by atoms with E-state index in [0.717, 1.165) is 4.90 Å². The number of ether oxygens (including phenoxy) is 1. The summed E-state index contributed by atoms with van der Waals surface area (Å²) in [6.07, 6.45) is 0.339. The van der Waals surface area contributed by atoms with Gasteiger partial charge in [0, 0.05) is 5.56 Å². The van der Waals surface area contributed by atoms with Gasteiger partial charge in [-0.1, -0.05) is 0 Å². The molecule has 0 aliphatic carbocycles. The van der Waals surface area contributed by atoms with Gasteiger partial charge in [-0.05, 0) is 24.3 Å². The number of methoxy groups -OCH3 is 1. The fourth-order valence-corrected chi connectivity index (χ4v) is 1.59. The Balaban J connectivity index is 0.00000324. The molecule has 0 aliphatic rings. The van der Waals surface area contributed by atoms with Crippen molar-refractivity contribution in [3.05, 3.63) is 29.8 Å². The molecule has 0 amide bonds. The Labute approximate surface area is 118 Å². The van der Waals surface area contributed by atoms with Crippen LogP contribution in [0.4, 0.5) is 0 Å². The first-order chi connectivity index (χ1) is 8.52. The second kappa shape index (κ2) is 8.50. The van der Waals surface area contributed by atoms with Crippen molar-refractivity contribution in [2.45, 2.75) is 6.42 Å². The first-order valence-corrected chi connectivity index (χ1v) is 5.73. The maximum Gasteiger partial charge on any atom is 0.359 e. The van der Waals surface area contributed by atoms with Crippen LogP contribution in [0.1, 0.15) is 16.8 Å². The first-order valence-electron chi connectivity index (χ1n) is 5.73. The number of benzene rings is 1. The predicted molar refractivity (Wildman–Crippen MR) is 66.2 cm³/mol. The number of hydrogen-bond acceptors (Lipinski definition) is 3. The summed E-state index contributed by atoms with van der Waals surface area (Å²) in [5.74, 6) is -0.132. The fraction of sp³-hybridized carbons (Fsp3) is 0.385. The van der Waals surface area contributed by atoms with E-state index in [4.69, 9.17) is 9.84 Å². The molecule has 106 valence electrons. The zero-order chi connectivity index (χ0) is 13.5. The normalized spacial score (nSPS) is 11.3. The molecule has 0 aliphatic heterocycles. The molecule has 0 fully saturated rings.